The predicted octanol–water partition coefficient (Wildman–Crippen LogP) is 1.72. The van der Waals surface area contributed by atoms with E-state index in [0.717, 1.165) is 25.7 Å². The molecule has 1 rings (SSSR count). The van der Waals surface area contributed by atoms with Crippen molar-refractivity contribution in [2.75, 3.05) is 33.9 Å². The molecule has 1 unspecified atom stereocenters. The molecule has 1 fully saturated rings. The molecule has 2 N–H and O–H groups in total. The number of nitrogens with two attached hydrogens (primary N) is 1. The first kappa shape index (κ1) is 13.9. The summed E-state index contributed by atoms with van der Waals surface area (Å²) in [4.78, 5) is 2.37. The fourth-order valence-corrected chi connectivity index (χ4v) is 2.52. The Labute approximate surface area is 100 Å². The van der Waals surface area contributed by atoms with Crippen molar-refractivity contribution in [3.05, 3.63) is 0 Å². The molecule has 0 amide bonds. The van der Waals surface area contributed by atoms with Gasteiger partial charge in [-0.2, -0.15) is 0 Å². The molecule has 1 aliphatic heterocycles. The average Bonchev–Trinajstić information content (AvgIpc) is 2.27. The zero-order valence-electron chi connectivity index (χ0n) is 11.3. The molecule has 96 valence electrons. The Morgan fingerprint density at radius 3 is 2.31 bits per heavy atom. The summed E-state index contributed by atoms with van der Waals surface area (Å²) >= 11 is 0. The zero-order valence-corrected chi connectivity index (χ0v) is 11.3. The zero-order chi connectivity index (χ0) is 12.2. The van der Waals surface area contributed by atoms with Crippen LogP contribution in [0.15, 0.2) is 0 Å². The van der Waals surface area contributed by atoms with Gasteiger partial charge in [0.05, 0.1) is 0 Å². The first-order valence-electron chi connectivity index (χ1n) is 6.40. The van der Waals surface area contributed by atoms with Crippen LogP contribution in [-0.4, -0.2) is 44.8 Å². The lowest BCUT2D eigenvalue weighted by atomic mass is 9.78. The highest BCUT2D eigenvalue weighted by Crippen LogP contribution is 2.30. The van der Waals surface area contributed by atoms with Crippen molar-refractivity contribution in [3.63, 3.8) is 0 Å². The van der Waals surface area contributed by atoms with Gasteiger partial charge in [0.25, 0.3) is 0 Å². The minimum atomic E-state index is 0.243. The summed E-state index contributed by atoms with van der Waals surface area (Å²) in [6, 6.07) is 0.641. The largest absolute Gasteiger partial charge is 0.381 e. The van der Waals surface area contributed by atoms with E-state index in [1.165, 1.54) is 19.3 Å². The van der Waals surface area contributed by atoms with Crippen molar-refractivity contribution < 1.29 is 4.74 Å². The van der Waals surface area contributed by atoms with E-state index in [9.17, 15) is 0 Å². The maximum Gasteiger partial charge on any atom is 0.0469 e. The third-order valence-electron chi connectivity index (χ3n) is 3.79. The molecule has 16 heavy (non-hydrogen) atoms. The maximum atomic E-state index is 5.84. The second kappa shape index (κ2) is 5.99. The molecule has 0 aliphatic carbocycles. The van der Waals surface area contributed by atoms with Gasteiger partial charge in [0.15, 0.2) is 0 Å². The molecule has 0 spiro atoms. The molecule has 0 aromatic rings. The normalized spacial score (nSPS) is 21.4. The van der Waals surface area contributed by atoms with Gasteiger partial charge in [-0.3, -0.25) is 0 Å². The van der Waals surface area contributed by atoms with Crippen LogP contribution in [0.3, 0.4) is 0 Å². The lowest BCUT2D eigenvalue weighted by Crippen LogP contribution is -2.42. The van der Waals surface area contributed by atoms with Crippen LogP contribution in [0, 0.1) is 11.3 Å². The Bertz CT molecular complexity index is 198. The van der Waals surface area contributed by atoms with Crippen molar-refractivity contribution in [1.82, 2.24) is 4.90 Å². The molecule has 0 aromatic carbocycles. The van der Waals surface area contributed by atoms with E-state index in [4.69, 9.17) is 10.5 Å². The quantitative estimate of drug-likeness (QED) is 0.778. The predicted molar refractivity (Wildman–Crippen MR) is 68.5 cm³/mol. The molecule has 0 saturated carbocycles. The van der Waals surface area contributed by atoms with Gasteiger partial charge in [0.1, 0.15) is 0 Å². The first-order valence-corrected chi connectivity index (χ1v) is 6.40. The SMILES string of the molecule is CN(C)C(CC(C)(C)CN)C1CCOCC1. The van der Waals surface area contributed by atoms with Gasteiger partial charge in [0, 0.05) is 19.3 Å². The average molecular weight is 228 g/mol. The molecule has 1 saturated heterocycles. The maximum absolute atomic E-state index is 5.84. The van der Waals surface area contributed by atoms with Crippen LogP contribution >= 0.6 is 0 Å². The van der Waals surface area contributed by atoms with Gasteiger partial charge in [-0.15, -0.1) is 0 Å². The van der Waals surface area contributed by atoms with E-state index in [1.54, 1.807) is 0 Å². The summed E-state index contributed by atoms with van der Waals surface area (Å²) in [6.07, 6.45) is 3.58. The second-order valence-corrected chi connectivity index (χ2v) is 6.05. The van der Waals surface area contributed by atoms with Crippen molar-refractivity contribution in [3.8, 4) is 0 Å². The fourth-order valence-electron chi connectivity index (χ4n) is 2.52. The van der Waals surface area contributed by atoms with Crippen LogP contribution in [-0.2, 0) is 4.74 Å². The van der Waals surface area contributed by atoms with Crippen LogP contribution in [0.5, 0.6) is 0 Å². The number of rotatable bonds is 5. The number of hydrogen-bond donors (Lipinski definition) is 1. The highest BCUT2D eigenvalue weighted by Gasteiger charge is 2.30. The summed E-state index contributed by atoms with van der Waals surface area (Å²) < 4.78 is 5.44. The van der Waals surface area contributed by atoms with Gasteiger partial charge >= 0.3 is 0 Å². The van der Waals surface area contributed by atoms with E-state index in [0.29, 0.717) is 6.04 Å². The Hall–Kier alpha value is -0.120. The topological polar surface area (TPSA) is 38.5 Å². The summed E-state index contributed by atoms with van der Waals surface area (Å²) in [7, 11) is 4.37. The number of ether oxygens (including phenoxy) is 1. The minimum absolute atomic E-state index is 0.243. The van der Waals surface area contributed by atoms with Crippen LogP contribution in [0.1, 0.15) is 33.1 Å². The molecule has 3 heteroatoms. The van der Waals surface area contributed by atoms with Crippen molar-refractivity contribution in [2.24, 2.45) is 17.1 Å². The third kappa shape index (κ3) is 4.04. The van der Waals surface area contributed by atoms with Gasteiger partial charge in [-0.05, 0) is 51.2 Å². The van der Waals surface area contributed by atoms with Gasteiger partial charge in [-0.1, -0.05) is 13.8 Å². The molecule has 1 atom stereocenters. The highest BCUT2D eigenvalue weighted by atomic mass is 16.5. The monoisotopic (exact) mass is 228 g/mol. The van der Waals surface area contributed by atoms with E-state index in [-0.39, 0.29) is 5.41 Å². The first-order chi connectivity index (χ1) is 7.46. The van der Waals surface area contributed by atoms with Gasteiger partial charge in [0.2, 0.25) is 0 Å². The Morgan fingerprint density at radius 2 is 1.88 bits per heavy atom. The molecule has 1 heterocycles. The van der Waals surface area contributed by atoms with E-state index >= 15 is 0 Å². The molecule has 3 nitrogen and oxygen atoms in total. The Morgan fingerprint density at radius 1 is 1.31 bits per heavy atom. The number of nitrogens with zero attached hydrogens (tertiary/aromatic N) is 1. The summed E-state index contributed by atoms with van der Waals surface area (Å²) in [5, 5.41) is 0. The third-order valence-corrected chi connectivity index (χ3v) is 3.79. The summed E-state index contributed by atoms with van der Waals surface area (Å²) in [5.41, 5.74) is 6.08. The lowest BCUT2D eigenvalue weighted by molar-refractivity contribution is 0.0257. The summed E-state index contributed by atoms with van der Waals surface area (Å²) in [5.74, 6) is 0.773. The molecule has 0 bridgehead atoms. The fraction of sp³-hybridized carbons (Fsp3) is 1.00. The van der Waals surface area contributed by atoms with Crippen molar-refractivity contribution in [2.45, 2.75) is 39.2 Å². The van der Waals surface area contributed by atoms with Crippen LogP contribution in [0.4, 0.5) is 0 Å². The van der Waals surface area contributed by atoms with E-state index < -0.39 is 0 Å². The molecule has 1 aliphatic rings. The van der Waals surface area contributed by atoms with E-state index in [1.807, 2.05) is 0 Å². The van der Waals surface area contributed by atoms with Gasteiger partial charge < -0.3 is 15.4 Å². The van der Waals surface area contributed by atoms with Crippen LogP contribution < -0.4 is 5.73 Å². The Kier molecular flexibility index (Phi) is 5.22. The van der Waals surface area contributed by atoms with Crippen LogP contribution in [0.2, 0.25) is 0 Å². The standard InChI is InChI=1S/C13H28N2O/c1-13(2,10-14)9-12(15(3)4)11-5-7-16-8-6-11/h11-12H,5-10,14H2,1-4H3. The number of hydrogen-bond acceptors (Lipinski definition) is 3. The van der Waals surface area contributed by atoms with Crippen molar-refractivity contribution in [1.29, 1.82) is 0 Å². The highest BCUT2D eigenvalue weighted by molar-refractivity contribution is 4.84. The lowest BCUT2D eigenvalue weighted by Gasteiger charge is -2.39. The molecular weight excluding hydrogens is 200 g/mol. The molecular formula is C13H28N2O. The minimum Gasteiger partial charge on any atom is -0.381 e. The van der Waals surface area contributed by atoms with Crippen LogP contribution in [0.25, 0.3) is 0 Å². The smallest absolute Gasteiger partial charge is 0.0469 e. The molecule has 0 radical (unpaired) electrons. The molecule has 0 aromatic heterocycles. The summed E-state index contributed by atoms with van der Waals surface area (Å²) in [6.45, 7) is 7.16. The van der Waals surface area contributed by atoms with Gasteiger partial charge in [-0.25, -0.2) is 0 Å². The second-order valence-electron chi connectivity index (χ2n) is 6.05. The van der Waals surface area contributed by atoms with Crippen molar-refractivity contribution >= 4 is 0 Å². The van der Waals surface area contributed by atoms with E-state index in [2.05, 4.69) is 32.8 Å². The Balaban J connectivity index is 2.59.